The molecule has 98 valence electrons. The number of carboxylic acid groups (broad SMARTS) is 1. The molecule has 1 rings (SSSR count). The number of hydrogen-bond donors (Lipinski definition) is 1. The number of hydrogen-bond acceptors (Lipinski definition) is 2. The van der Waals surface area contributed by atoms with Gasteiger partial charge in [-0.3, -0.25) is 9.59 Å². The number of carbonyl (C=O) groups is 2. The molecule has 0 spiro atoms. The van der Waals surface area contributed by atoms with Crippen LogP contribution in [0.2, 0.25) is 0 Å². The standard InChI is InChI=1S/C14H24O3/c1-5-14(9-12(16)17)8-10(13(2,3)4)6-7-11(14)15/h10H,5-9H2,1-4H3,(H,16,17). The van der Waals surface area contributed by atoms with Crippen molar-refractivity contribution in [2.75, 3.05) is 0 Å². The summed E-state index contributed by atoms with van der Waals surface area (Å²) in [5, 5.41) is 9.02. The minimum absolute atomic E-state index is 0.00505. The molecule has 0 aromatic rings. The second-order valence-corrected chi connectivity index (χ2v) is 6.43. The van der Waals surface area contributed by atoms with Crippen molar-refractivity contribution in [2.24, 2.45) is 16.7 Å². The molecule has 1 aliphatic rings. The van der Waals surface area contributed by atoms with Crippen LogP contribution in [-0.2, 0) is 9.59 Å². The van der Waals surface area contributed by atoms with Gasteiger partial charge >= 0.3 is 5.97 Å². The fourth-order valence-electron chi connectivity index (χ4n) is 2.92. The van der Waals surface area contributed by atoms with Crippen molar-refractivity contribution >= 4 is 11.8 Å². The summed E-state index contributed by atoms with van der Waals surface area (Å²) in [4.78, 5) is 23.1. The highest BCUT2D eigenvalue weighted by Crippen LogP contribution is 2.47. The van der Waals surface area contributed by atoms with Crippen LogP contribution in [0, 0.1) is 16.7 Å². The van der Waals surface area contributed by atoms with E-state index < -0.39 is 11.4 Å². The Hall–Kier alpha value is -0.860. The lowest BCUT2D eigenvalue weighted by atomic mass is 9.60. The van der Waals surface area contributed by atoms with Crippen LogP contribution in [0.1, 0.15) is 59.8 Å². The van der Waals surface area contributed by atoms with Crippen molar-refractivity contribution in [3.63, 3.8) is 0 Å². The average molecular weight is 240 g/mol. The number of aliphatic carboxylic acids is 1. The van der Waals surface area contributed by atoms with Gasteiger partial charge in [0.1, 0.15) is 5.78 Å². The largest absolute Gasteiger partial charge is 0.481 e. The van der Waals surface area contributed by atoms with E-state index in [1.807, 2.05) is 6.92 Å². The molecule has 0 saturated heterocycles. The summed E-state index contributed by atoms with van der Waals surface area (Å²) in [6.07, 6.45) is 2.82. The monoisotopic (exact) mass is 240 g/mol. The maximum atomic E-state index is 12.1. The lowest BCUT2D eigenvalue weighted by Crippen LogP contribution is -2.42. The van der Waals surface area contributed by atoms with Gasteiger partial charge in [0.2, 0.25) is 0 Å². The molecule has 0 radical (unpaired) electrons. The van der Waals surface area contributed by atoms with Crippen molar-refractivity contribution < 1.29 is 14.7 Å². The molecule has 0 aliphatic heterocycles. The van der Waals surface area contributed by atoms with Crippen LogP contribution in [0.15, 0.2) is 0 Å². The third-order valence-corrected chi connectivity index (χ3v) is 4.34. The molecule has 2 unspecified atom stereocenters. The summed E-state index contributed by atoms with van der Waals surface area (Å²) < 4.78 is 0. The van der Waals surface area contributed by atoms with Crippen molar-refractivity contribution in [3.05, 3.63) is 0 Å². The molecular weight excluding hydrogens is 216 g/mol. The predicted octanol–water partition coefficient (Wildman–Crippen LogP) is 3.27. The normalized spacial score (nSPS) is 30.4. The second kappa shape index (κ2) is 4.79. The Morgan fingerprint density at radius 3 is 2.47 bits per heavy atom. The summed E-state index contributed by atoms with van der Waals surface area (Å²) in [6.45, 7) is 8.46. The minimum Gasteiger partial charge on any atom is -0.481 e. The minimum atomic E-state index is -0.852. The first-order chi connectivity index (χ1) is 7.71. The number of carboxylic acids is 1. The molecule has 0 amide bonds. The zero-order valence-corrected chi connectivity index (χ0v) is 11.4. The van der Waals surface area contributed by atoms with E-state index in [-0.39, 0.29) is 17.6 Å². The van der Waals surface area contributed by atoms with Gasteiger partial charge in [0, 0.05) is 11.8 Å². The van der Waals surface area contributed by atoms with E-state index >= 15 is 0 Å². The summed E-state index contributed by atoms with van der Waals surface area (Å²) >= 11 is 0. The van der Waals surface area contributed by atoms with Crippen LogP contribution in [-0.4, -0.2) is 16.9 Å². The van der Waals surface area contributed by atoms with Crippen LogP contribution >= 0.6 is 0 Å². The maximum Gasteiger partial charge on any atom is 0.304 e. The van der Waals surface area contributed by atoms with Crippen molar-refractivity contribution in [2.45, 2.75) is 59.8 Å². The molecule has 1 saturated carbocycles. The topological polar surface area (TPSA) is 54.4 Å². The molecule has 1 aliphatic carbocycles. The van der Waals surface area contributed by atoms with Gasteiger partial charge in [-0.25, -0.2) is 0 Å². The smallest absolute Gasteiger partial charge is 0.304 e. The Morgan fingerprint density at radius 1 is 1.47 bits per heavy atom. The molecule has 0 aromatic carbocycles. The molecular formula is C14H24O3. The van der Waals surface area contributed by atoms with E-state index in [9.17, 15) is 9.59 Å². The van der Waals surface area contributed by atoms with Gasteiger partial charge in [0.25, 0.3) is 0 Å². The molecule has 3 nitrogen and oxygen atoms in total. The van der Waals surface area contributed by atoms with Gasteiger partial charge in [-0.1, -0.05) is 27.7 Å². The summed E-state index contributed by atoms with van der Waals surface area (Å²) in [5.74, 6) is -0.253. The van der Waals surface area contributed by atoms with Crippen LogP contribution in [0.4, 0.5) is 0 Å². The Kier molecular flexibility index (Phi) is 4.00. The van der Waals surface area contributed by atoms with E-state index in [1.54, 1.807) is 0 Å². The molecule has 1 N–H and O–H groups in total. The highest BCUT2D eigenvalue weighted by Gasteiger charge is 2.45. The van der Waals surface area contributed by atoms with Crippen LogP contribution in [0.5, 0.6) is 0 Å². The Morgan fingerprint density at radius 2 is 2.06 bits per heavy atom. The molecule has 1 fully saturated rings. The zero-order chi connectivity index (χ0) is 13.3. The molecule has 3 heteroatoms. The molecule has 0 heterocycles. The highest BCUT2D eigenvalue weighted by molar-refractivity contribution is 5.89. The molecule has 0 bridgehead atoms. The summed E-state index contributed by atoms with van der Waals surface area (Å²) in [6, 6.07) is 0. The number of carbonyl (C=O) groups excluding carboxylic acids is 1. The maximum absolute atomic E-state index is 12.1. The highest BCUT2D eigenvalue weighted by atomic mass is 16.4. The quantitative estimate of drug-likeness (QED) is 0.823. The molecule has 2 atom stereocenters. The SMILES string of the molecule is CCC1(CC(=O)O)CC(C(C)(C)C)CCC1=O. The van der Waals surface area contributed by atoms with E-state index in [4.69, 9.17) is 5.11 Å². The van der Waals surface area contributed by atoms with Gasteiger partial charge in [-0.15, -0.1) is 0 Å². The third-order valence-electron chi connectivity index (χ3n) is 4.34. The van der Waals surface area contributed by atoms with Gasteiger partial charge in [-0.05, 0) is 30.6 Å². The van der Waals surface area contributed by atoms with Crippen molar-refractivity contribution in [3.8, 4) is 0 Å². The Balaban J connectivity index is 2.93. The first-order valence-electron chi connectivity index (χ1n) is 6.46. The van der Waals surface area contributed by atoms with E-state index in [1.165, 1.54) is 0 Å². The number of rotatable bonds is 3. The Bertz CT molecular complexity index is 314. The average Bonchev–Trinajstić information content (AvgIpc) is 2.19. The van der Waals surface area contributed by atoms with Crippen molar-refractivity contribution in [1.29, 1.82) is 0 Å². The van der Waals surface area contributed by atoms with Gasteiger partial charge in [-0.2, -0.15) is 0 Å². The fraction of sp³-hybridized carbons (Fsp3) is 0.857. The van der Waals surface area contributed by atoms with E-state index in [0.29, 0.717) is 18.8 Å². The Labute approximate surface area is 104 Å². The molecule has 0 aromatic heterocycles. The van der Waals surface area contributed by atoms with E-state index in [2.05, 4.69) is 20.8 Å². The molecule has 17 heavy (non-hydrogen) atoms. The summed E-state index contributed by atoms with van der Waals surface area (Å²) in [5.41, 5.74) is -0.457. The first kappa shape index (κ1) is 14.2. The van der Waals surface area contributed by atoms with Crippen LogP contribution in [0.25, 0.3) is 0 Å². The van der Waals surface area contributed by atoms with Gasteiger partial charge in [0.05, 0.1) is 6.42 Å². The predicted molar refractivity (Wildman–Crippen MR) is 66.8 cm³/mol. The second-order valence-electron chi connectivity index (χ2n) is 6.43. The third kappa shape index (κ3) is 3.08. The summed E-state index contributed by atoms with van der Waals surface area (Å²) in [7, 11) is 0. The fourth-order valence-corrected chi connectivity index (χ4v) is 2.92. The van der Waals surface area contributed by atoms with Gasteiger partial charge in [0.15, 0.2) is 0 Å². The van der Waals surface area contributed by atoms with Crippen LogP contribution in [0.3, 0.4) is 0 Å². The first-order valence-corrected chi connectivity index (χ1v) is 6.46. The number of Topliss-reactive ketones (excluding diaryl/α,β-unsaturated/α-hetero) is 1. The van der Waals surface area contributed by atoms with E-state index in [0.717, 1.165) is 12.8 Å². The lowest BCUT2D eigenvalue weighted by molar-refractivity contribution is -0.148. The van der Waals surface area contributed by atoms with Crippen LogP contribution < -0.4 is 0 Å². The zero-order valence-electron chi connectivity index (χ0n) is 11.4. The van der Waals surface area contributed by atoms with Gasteiger partial charge < -0.3 is 5.11 Å². The number of ketones is 1. The lowest BCUT2D eigenvalue weighted by Gasteiger charge is -2.43. The van der Waals surface area contributed by atoms with Crippen molar-refractivity contribution in [1.82, 2.24) is 0 Å².